The Morgan fingerprint density at radius 1 is 1.07 bits per heavy atom. The molecule has 4 rings (SSSR count). The van der Waals surface area contributed by atoms with Crippen LogP contribution in [0.25, 0.3) is 0 Å². The second-order valence-electron chi connectivity index (χ2n) is 16.3. The Morgan fingerprint density at radius 2 is 1.71 bits per heavy atom. The van der Waals surface area contributed by atoms with Gasteiger partial charge in [0.2, 0.25) is 0 Å². The van der Waals surface area contributed by atoms with E-state index in [1.807, 2.05) is 39.9 Å². The fourth-order valence-corrected chi connectivity index (χ4v) is 8.33. The van der Waals surface area contributed by atoms with Crippen LogP contribution in [0.3, 0.4) is 0 Å². The molecule has 2 aliphatic heterocycles. The molecule has 9 atom stereocenters. The number of nitrogens with zero attached hydrogens (tertiary/aromatic N) is 3. The van der Waals surface area contributed by atoms with E-state index in [9.17, 15) is 14.7 Å². The number of likely N-dealkylation sites (N-methyl/N-ethyl adjacent to an activating group) is 3. The number of hydrogen-bond donors (Lipinski definition) is 2. The summed E-state index contributed by atoms with van der Waals surface area (Å²) < 4.78 is 18.9. The van der Waals surface area contributed by atoms with Crippen LogP contribution < -0.4 is 5.32 Å². The molecule has 2 saturated heterocycles. The smallest absolute Gasteiger partial charge is 0.319 e. The number of ketones is 1. The monoisotopic (exact) mass is 636 g/mol. The van der Waals surface area contributed by atoms with Crippen LogP contribution in [0.1, 0.15) is 80.1 Å². The van der Waals surface area contributed by atoms with E-state index in [2.05, 4.69) is 43.1 Å². The van der Waals surface area contributed by atoms with Crippen molar-refractivity contribution in [2.75, 3.05) is 54.9 Å². The largest absolute Gasteiger partial charge is 0.463 e. The van der Waals surface area contributed by atoms with Gasteiger partial charge in [-0.15, -0.1) is 0 Å². The molecule has 0 spiro atoms. The van der Waals surface area contributed by atoms with Gasteiger partial charge in [0.1, 0.15) is 18.1 Å². The molecular weight excluding hydrogens is 572 g/mol. The summed E-state index contributed by atoms with van der Waals surface area (Å²) in [6.07, 6.45) is 3.73. The maximum atomic E-state index is 14.3. The highest BCUT2D eigenvalue weighted by atomic mass is 16.7. The molecule has 260 valence electrons. The van der Waals surface area contributed by atoms with Crippen molar-refractivity contribution >= 4 is 11.8 Å². The van der Waals surface area contributed by atoms with Crippen LogP contribution in [-0.2, 0) is 23.8 Å². The summed E-state index contributed by atoms with van der Waals surface area (Å²) in [5, 5.41) is 14.9. The molecule has 2 aliphatic carbocycles. The average molecular weight is 637 g/mol. The normalized spacial score (nSPS) is 42.4. The van der Waals surface area contributed by atoms with Gasteiger partial charge in [0, 0.05) is 42.7 Å². The number of esters is 1. The summed E-state index contributed by atoms with van der Waals surface area (Å²) in [5.41, 5.74) is -2.01. The molecule has 0 radical (unpaired) electrons. The minimum atomic E-state index is -1.36. The molecule has 0 aromatic rings. The fraction of sp³-hybridized carbons (Fsp3) is 0.943. The Bertz CT molecular complexity index is 1020. The zero-order valence-corrected chi connectivity index (χ0v) is 30.0. The quantitative estimate of drug-likeness (QED) is 0.305. The van der Waals surface area contributed by atoms with E-state index < -0.39 is 41.3 Å². The Kier molecular flexibility index (Phi) is 11.9. The van der Waals surface area contributed by atoms with Crippen LogP contribution >= 0.6 is 0 Å². The van der Waals surface area contributed by atoms with Crippen molar-refractivity contribution in [1.82, 2.24) is 20.0 Å². The highest BCUT2D eigenvalue weighted by molar-refractivity contribution is 6.04. The zero-order chi connectivity index (χ0) is 33.4. The number of aliphatic hydroxyl groups is 1. The SMILES string of the molecule is CN[C@]1(C)C[C@@H](C)CN(C)[C@H]([C@H]2C[C@H](N(C)CC3CC3)C2)COC(=O)C(C)(C)C(=O)[C@H](C)[C@H]1O[C@@H]1O[C@H](C)C[C@H](N(C)C)[C@H]1O. The Labute approximate surface area is 272 Å². The number of cyclic esters (lactones) is 1. The number of carbonyl (C=O) groups excluding carboxylic acids is 2. The van der Waals surface area contributed by atoms with Crippen LogP contribution in [0.4, 0.5) is 0 Å². The molecule has 0 bridgehead atoms. The third kappa shape index (κ3) is 8.30. The summed E-state index contributed by atoms with van der Waals surface area (Å²) in [6, 6.07) is 0.531. The fourth-order valence-electron chi connectivity index (χ4n) is 8.33. The third-order valence-electron chi connectivity index (χ3n) is 11.6. The Hall–Kier alpha value is -1.14. The Morgan fingerprint density at radius 3 is 2.29 bits per heavy atom. The van der Waals surface area contributed by atoms with Gasteiger partial charge in [-0.25, -0.2) is 0 Å². The zero-order valence-electron chi connectivity index (χ0n) is 30.0. The van der Waals surface area contributed by atoms with E-state index in [1.54, 1.807) is 13.8 Å². The summed E-state index contributed by atoms with van der Waals surface area (Å²) in [7, 11) is 10.2. The average Bonchev–Trinajstić information content (AvgIpc) is 3.75. The summed E-state index contributed by atoms with van der Waals surface area (Å²) >= 11 is 0. The second-order valence-corrected chi connectivity index (χ2v) is 16.3. The van der Waals surface area contributed by atoms with Crippen LogP contribution in [-0.4, -0.2) is 135 Å². The number of aliphatic hydroxyl groups excluding tert-OH is 1. The number of rotatable bonds is 8. The molecule has 10 heteroatoms. The summed E-state index contributed by atoms with van der Waals surface area (Å²) in [4.78, 5) is 34.8. The number of nitrogens with one attached hydrogen (secondary N) is 1. The number of carbonyl (C=O) groups is 2. The first-order valence-corrected chi connectivity index (χ1v) is 17.4. The second kappa shape index (κ2) is 14.5. The molecular formula is C35H64N4O6. The lowest BCUT2D eigenvalue weighted by atomic mass is 9.73. The minimum Gasteiger partial charge on any atom is -0.463 e. The van der Waals surface area contributed by atoms with Crippen molar-refractivity contribution in [2.45, 2.75) is 128 Å². The number of Topliss-reactive ketones (excluding diaryl/α,β-unsaturated/α-hetero) is 1. The lowest BCUT2D eigenvalue weighted by Gasteiger charge is -2.48. The van der Waals surface area contributed by atoms with Gasteiger partial charge in [-0.3, -0.25) is 14.5 Å². The maximum Gasteiger partial charge on any atom is 0.319 e. The van der Waals surface area contributed by atoms with Gasteiger partial charge in [0.25, 0.3) is 0 Å². The first-order valence-electron chi connectivity index (χ1n) is 17.4. The van der Waals surface area contributed by atoms with Gasteiger partial charge in [-0.1, -0.05) is 13.8 Å². The lowest BCUT2D eigenvalue weighted by Crippen LogP contribution is -2.62. The van der Waals surface area contributed by atoms with E-state index in [0.717, 1.165) is 31.7 Å². The minimum absolute atomic E-state index is 0.0918. The van der Waals surface area contributed by atoms with E-state index in [0.29, 0.717) is 18.4 Å². The molecule has 0 aromatic heterocycles. The molecule has 0 aromatic carbocycles. The van der Waals surface area contributed by atoms with Gasteiger partial charge < -0.3 is 34.4 Å². The molecule has 4 fully saturated rings. The molecule has 0 amide bonds. The number of ether oxygens (including phenoxy) is 3. The predicted molar refractivity (Wildman–Crippen MR) is 176 cm³/mol. The topological polar surface area (TPSA) is 104 Å². The van der Waals surface area contributed by atoms with Gasteiger partial charge in [-0.2, -0.15) is 0 Å². The van der Waals surface area contributed by atoms with Crippen molar-refractivity contribution in [3.63, 3.8) is 0 Å². The highest BCUT2D eigenvalue weighted by Gasteiger charge is 2.51. The van der Waals surface area contributed by atoms with Gasteiger partial charge in [-0.05, 0) is 119 Å². The van der Waals surface area contributed by atoms with Crippen molar-refractivity contribution in [3.05, 3.63) is 0 Å². The van der Waals surface area contributed by atoms with Gasteiger partial charge in [0.15, 0.2) is 12.1 Å². The van der Waals surface area contributed by atoms with E-state index >= 15 is 0 Å². The summed E-state index contributed by atoms with van der Waals surface area (Å²) in [6.45, 7) is 13.8. The van der Waals surface area contributed by atoms with Crippen LogP contribution in [0.5, 0.6) is 0 Å². The standard InChI is InChI=1S/C35H64N4O6/c1-21-17-35(6,36-7)31(45-32-29(40)27(37(8)9)14-22(2)44-32)23(3)30(41)34(4,5)33(42)43-20-28(39(11)18-21)25-15-26(16-25)38(10)19-24-12-13-24/h21-29,31-32,36,40H,12-20H2,1-11H3/t21-,22-,23+,25-,26-,27+,28+,29-,31-,32+,35-/m1/s1. The molecule has 2 saturated carbocycles. The van der Waals surface area contributed by atoms with Crippen molar-refractivity contribution in [1.29, 1.82) is 0 Å². The van der Waals surface area contributed by atoms with Crippen molar-refractivity contribution in [2.24, 2.45) is 29.1 Å². The maximum absolute atomic E-state index is 14.3. The third-order valence-corrected chi connectivity index (χ3v) is 11.6. The number of hydrogen-bond acceptors (Lipinski definition) is 10. The van der Waals surface area contributed by atoms with E-state index in [1.165, 1.54) is 19.4 Å². The molecule has 45 heavy (non-hydrogen) atoms. The molecule has 0 unspecified atom stereocenters. The van der Waals surface area contributed by atoms with Gasteiger partial charge in [0.05, 0.1) is 12.2 Å². The Balaban J connectivity index is 1.59. The van der Waals surface area contributed by atoms with E-state index in [4.69, 9.17) is 14.2 Å². The lowest BCUT2D eigenvalue weighted by molar-refractivity contribution is -0.281. The highest BCUT2D eigenvalue weighted by Crippen LogP contribution is 2.40. The van der Waals surface area contributed by atoms with Crippen LogP contribution in [0.2, 0.25) is 0 Å². The first kappa shape index (κ1) is 36.7. The molecule has 10 nitrogen and oxygen atoms in total. The molecule has 2 N–H and O–H groups in total. The van der Waals surface area contributed by atoms with Crippen LogP contribution in [0, 0.1) is 29.1 Å². The predicted octanol–water partition coefficient (Wildman–Crippen LogP) is 3.01. The summed E-state index contributed by atoms with van der Waals surface area (Å²) in [5.74, 6) is 0.146. The van der Waals surface area contributed by atoms with Crippen molar-refractivity contribution < 1.29 is 28.9 Å². The molecule has 2 heterocycles. The van der Waals surface area contributed by atoms with E-state index in [-0.39, 0.29) is 36.5 Å². The molecule has 4 aliphatic rings. The van der Waals surface area contributed by atoms with Crippen molar-refractivity contribution in [3.8, 4) is 0 Å². The first-order chi connectivity index (χ1) is 21.0. The van der Waals surface area contributed by atoms with Gasteiger partial charge >= 0.3 is 5.97 Å². The van der Waals surface area contributed by atoms with Crippen LogP contribution in [0.15, 0.2) is 0 Å².